The van der Waals surface area contributed by atoms with Gasteiger partial charge in [-0.2, -0.15) is 0 Å². The number of allylic oxidation sites excluding steroid dienone is 2. The third-order valence-electron chi connectivity index (χ3n) is 4.13. The lowest BCUT2D eigenvalue weighted by atomic mass is 10.2. The standard InChI is InChI=1S/C18H32N4O2/c1-5-8-22(17(16(2)3)6-7-19-4)18(24)15-21-11-9-20(10-12-21)13-14-23/h6-7,23H,4-5,8-15H2,1-3H3/b7-6-. The van der Waals surface area contributed by atoms with E-state index in [9.17, 15) is 4.79 Å². The highest BCUT2D eigenvalue weighted by Gasteiger charge is 2.22. The minimum Gasteiger partial charge on any atom is -0.395 e. The van der Waals surface area contributed by atoms with Crippen LogP contribution in [0.15, 0.2) is 28.5 Å². The molecule has 1 aliphatic rings. The summed E-state index contributed by atoms with van der Waals surface area (Å²) in [7, 11) is 0. The van der Waals surface area contributed by atoms with Crippen molar-refractivity contribution in [3.8, 4) is 0 Å². The van der Waals surface area contributed by atoms with Crippen LogP contribution in [0.2, 0.25) is 0 Å². The Morgan fingerprint density at radius 1 is 1.25 bits per heavy atom. The Hall–Kier alpha value is -1.50. The molecule has 1 rings (SSSR count). The summed E-state index contributed by atoms with van der Waals surface area (Å²) < 4.78 is 0. The zero-order valence-corrected chi connectivity index (χ0v) is 15.4. The predicted octanol–water partition coefficient (Wildman–Crippen LogP) is 1.34. The van der Waals surface area contributed by atoms with E-state index in [1.807, 2.05) is 24.8 Å². The molecule has 1 amide bonds. The second-order valence-electron chi connectivity index (χ2n) is 6.27. The first kappa shape index (κ1) is 20.5. The molecule has 0 aromatic heterocycles. The topological polar surface area (TPSA) is 59.4 Å². The summed E-state index contributed by atoms with van der Waals surface area (Å²) in [6, 6.07) is 0. The van der Waals surface area contributed by atoms with Gasteiger partial charge in [-0.25, -0.2) is 0 Å². The number of amides is 1. The molecule has 0 aromatic carbocycles. The molecule has 0 bridgehead atoms. The summed E-state index contributed by atoms with van der Waals surface area (Å²) in [4.78, 5) is 22.9. The Morgan fingerprint density at radius 2 is 1.88 bits per heavy atom. The zero-order chi connectivity index (χ0) is 17.9. The van der Waals surface area contributed by atoms with Gasteiger partial charge >= 0.3 is 0 Å². The molecule has 1 saturated heterocycles. The molecule has 136 valence electrons. The maximum Gasteiger partial charge on any atom is 0.241 e. The van der Waals surface area contributed by atoms with Crippen LogP contribution in [-0.4, -0.2) is 84.9 Å². The Balaban J connectivity index is 2.71. The number of hydrogen-bond acceptors (Lipinski definition) is 5. The van der Waals surface area contributed by atoms with E-state index in [-0.39, 0.29) is 12.5 Å². The van der Waals surface area contributed by atoms with Gasteiger partial charge in [0.15, 0.2) is 0 Å². The maximum absolute atomic E-state index is 12.8. The van der Waals surface area contributed by atoms with Crippen molar-refractivity contribution in [1.29, 1.82) is 0 Å². The van der Waals surface area contributed by atoms with Crippen LogP contribution in [0.3, 0.4) is 0 Å². The Morgan fingerprint density at radius 3 is 2.38 bits per heavy atom. The maximum atomic E-state index is 12.8. The summed E-state index contributed by atoms with van der Waals surface area (Å²) in [5.41, 5.74) is 2.00. The molecule has 6 heteroatoms. The Labute approximate surface area is 146 Å². The van der Waals surface area contributed by atoms with Gasteiger partial charge in [0.05, 0.1) is 13.2 Å². The first-order valence-corrected chi connectivity index (χ1v) is 8.69. The average Bonchev–Trinajstić information content (AvgIpc) is 2.56. The fraction of sp³-hybridized carbons (Fsp3) is 0.667. The lowest BCUT2D eigenvalue weighted by Crippen LogP contribution is -2.50. The normalized spacial score (nSPS) is 16.3. The van der Waals surface area contributed by atoms with E-state index in [1.54, 1.807) is 6.20 Å². The molecule has 1 aliphatic heterocycles. The van der Waals surface area contributed by atoms with Crippen LogP contribution in [0.4, 0.5) is 0 Å². The molecular weight excluding hydrogens is 304 g/mol. The lowest BCUT2D eigenvalue weighted by molar-refractivity contribution is -0.130. The van der Waals surface area contributed by atoms with Gasteiger partial charge in [0.25, 0.3) is 0 Å². The van der Waals surface area contributed by atoms with Crippen LogP contribution < -0.4 is 0 Å². The van der Waals surface area contributed by atoms with Crippen LogP contribution in [0.1, 0.15) is 27.2 Å². The number of nitrogens with zero attached hydrogens (tertiary/aromatic N) is 4. The minimum atomic E-state index is 0.123. The number of aliphatic hydroxyl groups is 1. The molecule has 0 spiro atoms. The smallest absolute Gasteiger partial charge is 0.241 e. The van der Waals surface area contributed by atoms with E-state index in [0.717, 1.165) is 43.9 Å². The van der Waals surface area contributed by atoms with Crippen LogP contribution in [0, 0.1) is 0 Å². The van der Waals surface area contributed by atoms with Gasteiger partial charge < -0.3 is 10.0 Å². The summed E-state index contributed by atoms with van der Waals surface area (Å²) in [6.45, 7) is 15.1. The van der Waals surface area contributed by atoms with Gasteiger partial charge in [0.2, 0.25) is 5.91 Å². The van der Waals surface area contributed by atoms with Crippen molar-refractivity contribution in [1.82, 2.24) is 14.7 Å². The highest BCUT2D eigenvalue weighted by atomic mass is 16.3. The van der Waals surface area contributed by atoms with Gasteiger partial charge in [-0.3, -0.25) is 19.6 Å². The molecule has 0 radical (unpaired) electrons. The summed E-state index contributed by atoms with van der Waals surface area (Å²) in [5.74, 6) is 0.123. The van der Waals surface area contributed by atoms with Crippen molar-refractivity contribution < 1.29 is 9.90 Å². The van der Waals surface area contributed by atoms with Gasteiger partial charge in [-0.1, -0.05) is 12.5 Å². The van der Waals surface area contributed by atoms with Gasteiger partial charge in [0, 0.05) is 51.2 Å². The van der Waals surface area contributed by atoms with Gasteiger partial charge in [-0.15, -0.1) is 0 Å². The summed E-state index contributed by atoms with van der Waals surface area (Å²) >= 11 is 0. The number of hydrogen-bond donors (Lipinski definition) is 1. The highest BCUT2D eigenvalue weighted by Crippen LogP contribution is 2.14. The van der Waals surface area contributed by atoms with Crippen molar-refractivity contribution in [3.63, 3.8) is 0 Å². The zero-order valence-electron chi connectivity index (χ0n) is 15.4. The minimum absolute atomic E-state index is 0.123. The number of aliphatic imine (C=N–C) groups is 1. The first-order valence-electron chi connectivity index (χ1n) is 8.69. The van der Waals surface area contributed by atoms with Crippen LogP contribution >= 0.6 is 0 Å². The Bertz CT molecular complexity index is 462. The van der Waals surface area contributed by atoms with E-state index >= 15 is 0 Å². The van der Waals surface area contributed by atoms with Gasteiger partial charge in [0.1, 0.15) is 0 Å². The van der Waals surface area contributed by atoms with E-state index in [0.29, 0.717) is 19.6 Å². The molecule has 1 N–H and O–H groups in total. The van der Waals surface area contributed by atoms with Crippen molar-refractivity contribution in [2.24, 2.45) is 4.99 Å². The first-order chi connectivity index (χ1) is 11.5. The summed E-state index contributed by atoms with van der Waals surface area (Å²) in [5, 5.41) is 9.01. The van der Waals surface area contributed by atoms with Crippen molar-refractivity contribution in [2.75, 3.05) is 52.4 Å². The number of rotatable bonds is 9. The predicted molar refractivity (Wildman–Crippen MR) is 99.0 cm³/mol. The fourth-order valence-electron chi connectivity index (χ4n) is 2.84. The molecule has 0 aliphatic carbocycles. The van der Waals surface area contributed by atoms with Crippen LogP contribution in [0.5, 0.6) is 0 Å². The van der Waals surface area contributed by atoms with Crippen molar-refractivity contribution in [3.05, 3.63) is 23.5 Å². The van der Waals surface area contributed by atoms with Crippen LogP contribution in [-0.2, 0) is 4.79 Å². The third-order valence-corrected chi connectivity index (χ3v) is 4.13. The molecule has 0 aromatic rings. The largest absolute Gasteiger partial charge is 0.395 e. The van der Waals surface area contributed by atoms with E-state index < -0.39 is 0 Å². The monoisotopic (exact) mass is 336 g/mol. The van der Waals surface area contributed by atoms with E-state index in [1.165, 1.54) is 0 Å². The number of carbonyl (C=O) groups excluding carboxylic acids is 1. The van der Waals surface area contributed by atoms with Crippen molar-refractivity contribution >= 4 is 12.6 Å². The second kappa shape index (κ2) is 11.1. The molecule has 6 nitrogen and oxygen atoms in total. The molecule has 1 heterocycles. The van der Waals surface area contributed by atoms with Crippen LogP contribution in [0.25, 0.3) is 0 Å². The molecule has 0 saturated carbocycles. The highest BCUT2D eigenvalue weighted by molar-refractivity contribution is 5.80. The Kier molecular flexibility index (Phi) is 9.52. The van der Waals surface area contributed by atoms with Gasteiger partial charge in [-0.05, 0) is 33.1 Å². The molecule has 0 atom stereocenters. The lowest BCUT2D eigenvalue weighted by Gasteiger charge is -2.35. The summed E-state index contributed by atoms with van der Waals surface area (Å²) in [6.07, 6.45) is 4.39. The van der Waals surface area contributed by atoms with E-state index in [4.69, 9.17) is 5.11 Å². The quantitative estimate of drug-likeness (QED) is 0.510. The average molecular weight is 336 g/mol. The second-order valence-corrected chi connectivity index (χ2v) is 6.27. The fourth-order valence-corrected chi connectivity index (χ4v) is 2.84. The molecular formula is C18H32N4O2. The number of β-amino-alcohol motifs (C(OH)–C–C–N with tert-alkyl or cyclic N) is 1. The third kappa shape index (κ3) is 6.55. The molecule has 0 unspecified atom stereocenters. The molecule has 1 fully saturated rings. The van der Waals surface area contributed by atoms with Crippen molar-refractivity contribution in [2.45, 2.75) is 27.2 Å². The van der Waals surface area contributed by atoms with E-state index in [2.05, 4.69) is 28.4 Å². The SMILES string of the molecule is C=N/C=C\C(=C(C)C)N(CCC)C(=O)CN1CCN(CCO)CC1. The number of carbonyl (C=O) groups is 1. The molecule has 24 heavy (non-hydrogen) atoms. The number of aliphatic hydroxyl groups excluding tert-OH is 1. The number of piperazine rings is 1.